The van der Waals surface area contributed by atoms with Crippen molar-refractivity contribution in [2.75, 3.05) is 0 Å². The highest BCUT2D eigenvalue weighted by atomic mass is 15.0. The highest BCUT2D eigenvalue weighted by Gasteiger charge is 2.23. The molecule has 0 spiro atoms. The van der Waals surface area contributed by atoms with Gasteiger partial charge in [0.05, 0.1) is 22.4 Å². The fourth-order valence-electron chi connectivity index (χ4n) is 4.21. The molecule has 0 N–H and O–H groups in total. The van der Waals surface area contributed by atoms with Crippen molar-refractivity contribution in [3.63, 3.8) is 0 Å². The molecule has 0 aliphatic heterocycles. The van der Waals surface area contributed by atoms with E-state index in [1.807, 2.05) is 24.4 Å². The lowest BCUT2D eigenvalue weighted by molar-refractivity contribution is 0.740. The smallest absolute Gasteiger partial charge is 0.132 e. The van der Waals surface area contributed by atoms with Gasteiger partial charge in [-0.1, -0.05) is 70.2 Å². The lowest BCUT2D eigenvalue weighted by Crippen LogP contribution is -2.06. The number of para-hydroxylation sites is 2. The molecule has 0 radical (unpaired) electrons. The van der Waals surface area contributed by atoms with Crippen LogP contribution in [0.15, 0.2) is 72.9 Å². The van der Waals surface area contributed by atoms with Crippen LogP contribution in [0.5, 0.6) is 0 Å². The number of hydrogen-bond acceptors (Lipinski definition) is 3. The zero-order valence-electron chi connectivity index (χ0n) is 18.4. The second kappa shape index (κ2) is 7.62. The van der Waals surface area contributed by atoms with Crippen molar-refractivity contribution in [3.05, 3.63) is 84.4 Å². The maximum atomic E-state index is 5.07. The topological polar surface area (TPSA) is 43.6 Å². The Bertz CT molecular complexity index is 1370. The van der Waals surface area contributed by atoms with Crippen molar-refractivity contribution in [1.82, 2.24) is 19.5 Å². The Balaban J connectivity index is 2.03. The first kappa shape index (κ1) is 19.4. The summed E-state index contributed by atoms with van der Waals surface area (Å²) in [5, 5.41) is 1.13. The zero-order valence-corrected chi connectivity index (χ0v) is 18.4. The van der Waals surface area contributed by atoms with Crippen molar-refractivity contribution in [2.45, 2.75) is 39.5 Å². The molecule has 31 heavy (non-hydrogen) atoms. The summed E-state index contributed by atoms with van der Waals surface area (Å²) in [5.74, 6) is 1.43. The number of hydrogen-bond donors (Lipinski definition) is 0. The van der Waals surface area contributed by atoms with E-state index in [9.17, 15) is 0 Å². The summed E-state index contributed by atoms with van der Waals surface area (Å²) >= 11 is 0. The molecule has 0 unspecified atom stereocenters. The molecular weight excluding hydrogens is 380 g/mol. The molecule has 0 aliphatic carbocycles. The minimum atomic E-state index is 0.260. The van der Waals surface area contributed by atoms with E-state index in [0.29, 0.717) is 0 Å². The largest absolute Gasteiger partial charge is 0.305 e. The summed E-state index contributed by atoms with van der Waals surface area (Å²) in [7, 11) is 0. The van der Waals surface area contributed by atoms with Crippen LogP contribution in [-0.4, -0.2) is 19.5 Å². The second-order valence-corrected chi connectivity index (χ2v) is 8.56. The first-order valence-electron chi connectivity index (χ1n) is 10.9. The molecule has 0 aliphatic rings. The van der Waals surface area contributed by atoms with Crippen molar-refractivity contribution in [2.24, 2.45) is 0 Å². The average molecular weight is 407 g/mol. The van der Waals surface area contributed by atoms with Gasteiger partial charge in [0.15, 0.2) is 0 Å². The number of fused-ring (bicyclic) bond motifs is 3. The van der Waals surface area contributed by atoms with E-state index in [4.69, 9.17) is 9.97 Å². The summed E-state index contributed by atoms with van der Waals surface area (Å²) in [6, 6.07) is 23.0. The Morgan fingerprint density at radius 2 is 1.48 bits per heavy atom. The van der Waals surface area contributed by atoms with Gasteiger partial charge in [-0.15, -0.1) is 0 Å². The number of nitrogens with zero attached hydrogens (tertiary/aromatic N) is 4. The van der Waals surface area contributed by atoms with Crippen LogP contribution in [0.4, 0.5) is 0 Å². The molecule has 0 saturated carbocycles. The first-order chi connectivity index (χ1) is 15.1. The van der Waals surface area contributed by atoms with Gasteiger partial charge in [-0.2, -0.15) is 0 Å². The highest BCUT2D eigenvalue weighted by Crippen LogP contribution is 2.39. The molecule has 5 aromatic rings. The van der Waals surface area contributed by atoms with Crippen molar-refractivity contribution < 1.29 is 0 Å². The van der Waals surface area contributed by atoms with Gasteiger partial charge in [-0.3, -0.25) is 4.98 Å². The van der Waals surface area contributed by atoms with Gasteiger partial charge in [-0.25, -0.2) is 9.97 Å². The Labute approximate surface area is 182 Å². The molecule has 154 valence electrons. The summed E-state index contributed by atoms with van der Waals surface area (Å²) in [6.07, 6.45) is 1.85. The summed E-state index contributed by atoms with van der Waals surface area (Å²) in [5.41, 5.74) is 7.47. The number of rotatable bonds is 4. The molecule has 0 atom stereocenters. The minimum absolute atomic E-state index is 0.260. The predicted octanol–water partition coefficient (Wildman–Crippen LogP) is 6.88. The van der Waals surface area contributed by atoms with Gasteiger partial charge in [0, 0.05) is 28.8 Å². The van der Waals surface area contributed by atoms with Gasteiger partial charge in [0.1, 0.15) is 11.3 Å². The molecule has 0 bridgehead atoms. The third kappa shape index (κ3) is 3.19. The van der Waals surface area contributed by atoms with Crippen LogP contribution >= 0.6 is 0 Å². The lowest BCUT2D eigenvalue weighted by atomic mass is 10.1. The van der Waals surface area contributed by atoms with Crippen LogP contribution in [0.25, 0.3) is 38.9 Å². The molecule has 5 rings (SSSR count). The molecule has 0 fully saturated rings. The van der Waals surface area contributed by atoms with Gasteiger partial charge in [-0.05, 0) is 30.2 Å². The molecule has 0 amide bonds. The molecule has 4 nitrogen and oxygen atoms in total. The summed E-state index contributed by atoms with van der Waals surface area (Å²) < 4.78 is 2.33. The van der Waals surface area contributed by atoms with Crippen molar-refractivity contribution in [3.8, 4) is 16.9 Å². The van der Waals surface area contributed by atoms with Gasteiger partial charge >= 0.3 is 0 Å². The van der Waals surface area contributed by atoms with Crippen LogP contribution in [-0.2, 0) is 0 Å². The van der Waals surface area contributed by atoms with Gasteiger partial charge < -0.3 is 4.57 Å². The average Bonchev–Trinajstić information content (AvgIpc) is 3.14. The lowest BCUT2D eigenvalue weighted by Gasteiger charge is -2.15. The summed E-state index contributed by atoms with van der Waals surface area (Å²) in [6.45, 7) is 8.72. The standard InChI is InChI=1S/C27H26N4/c1-17(2)23-26-24(30-27(29-23)18(3)4)21-14-10-13-20(22-15-8-9-16-28-22)25(21)31(26)19-11-6-5-7-12-19/h5-18H,1-4H3. The maximum absolute atomic E-state index is 5.07. The van der Waals surface area contributed by atoms with Crippen LogP contribution in [0.3, 0.4) is 0 Å². The van der Waals surface area contributed by atoms with E-state index in [2.05, 4.69) is 85.8 Å². The molecule has 4 heteroatoms. The fourth-order valence-corrected chi connectivity index (χ4v) is 4.21. The SMILES string of the molecule is CC(C)c1nc(C(C)C)c2c(n1)c1cccc(-c3ccccn3)c1n2-c1ccccc1. The van der Waals surface area contributed by atoms with Crippen molar-refractivity contribution in [1.29, 1.82) is 0 Å². The predicted molar refractivity (Wildman–Crippen MR) is 128 cm³/mol. The number of pyridine rings is 1. The first-order valence-corrected chi connectivity index (χ1v) is 10.9. The van der Waals surface area contributed by atoms with Crippen LogP contribution in [0, 0.1) is 0 Å². The van der Waals surface area contributed by atoms with Crippen molar-refractivity contribution >= 4 is 21.9 Å². The second-order valence-electron chi connectivity index (χ2n) is 8.56. The molecule has 3 aromatic heterocycles. The third-order valence-corrected chi connectivity index (χ3v) is 5.69. The molecular formula is C27H26N4. The number of aromatic nitrogens is 4. The van der Waals surface area contributed by atoms with E-state index in [0.717, 1.165) is 50.4 Å². The number of benzene rings is 2. The molecule has 0 saturated heterocycles. The normalized spacial score (nSPS) is 11.8. The quantitative estimate of drug-likeness (QED) is 0.327. The highest BCUT2D eigenvalue weighted by molar-refractivity contribution is 6.12. The Morgan fingerprint density at radius 1 is 0.710 bits per heavy atom. The van der Waals surface area contributed by atoms with Crippen LogP contribution in [0.2, 0.25) is 0 Å². The van der Waals surface area contributed by atoms with Crippen LogP contribution < -0.4 is 0 Å². The van der Waals surface area contributed by atoms with Gasteiger partial charge in [0.2, 0.25) is 0 Å². The zero-order chi connectivity index (χ0) is 21.5. The minimum Gasteiger partial charge on any atom is -0.305 e. The van der Waals surface area contributed by atoms with Crippen LogP contribution in [0.1, 0.15) is 51.0 Å². The molecule has 3 heterocycles. The Kier molecular flexibility index (Phi) is 4.78. The van der Waals surface area contributed by atoms with E-state index >= 15 is 0 Å². The van der Waals surface area contributed by atoms with E-state index in [-0.39, 0.29) is 11.8 Å². The fraction of sp³-hybridized carbons (Fsp3) is 0.222. The molecule has 2 aromatic carbocycles. The van der Waals surface area contributed by atoms with E-state index < -0.39 is 0 Å². The maximum Gasteiger partial charge on any atom is 0.132 e. The monoisotopic (exact) mass is 406 g/mol. The third-order valence-electron chi connectivity index (χ3n) is 5.69. The summed E-state index contributed by atoms with van der Waals surface area (Å²) in [4.78, 5) is 14.8. The Hall–Kier alpha value is -3.53. The van der Waals surface area contributed by atoms with E-state index in [1.165, 1.54) is 0 Å². The van der Waals surface area contributed by atoms with Gasteiger partial charge in [0.25, 0.3) is 0 Å². The Morgan fingerprint density at radius 3 is 2.16 bits per heavy atom. The van der Waals surface area contributed by atoms with E-state index in [1.54, 1.807) is 0 Å².